The molecule has 6 nitrogen and oxygen atoms in total. The Kier molecular flexibility index (Phi) is 6.33. The molecule has 0 bridgehead atoms. The number of aromatic nitrogens is 1. The molecule has 0 radical (unpaired) electrons. The highest BCUT2D eigenvalue weighted by molar-refractivity contribution is 6.07. The van der Waals surface area contributed by atoms with Crippen molar-refractivity contribution in [2.75, 3.05) is 20.3 Å². The first kappa shape index (κ1) is 19.4. The maximum atomic E-state index is 12.6. The van der Waals surface area contributed by atoms with E-state index < -0.39 is 11.9 Å². The zero-order valence-corrected chi connectivity index (χ0v) is 15.7. The fourth-order valence-electron chi connectivity index (χ4n) is 2.88. The molecule has 0 atom stereocenters. The average molecular weight is 357 g/mol. The summed E-state index contributed by atoms with van der Waals surface area (Å²) in [4.78, 5) is 29.7. The van der Waals surface area contributed by atoms with Crippen molar-refractivity contribution in [3.8, 4) is 16.9 Å². The van der Waals surface area contributed by atoms with Crippen LogP contribution in [0.1, 0.15) is 46.0 Å². The smallest absolute Gasteiger partial charge is 0.340 e. The third-order valence-electron chi connectivity index (χ3n) is 3.89. The third-order valence-corrected chi connectivity index (χ3v) is 3.89. The third kappa shape index (κ3) is 3.69. The van der Waals surface area contributed by atoms with Crippen molar-refractivity contribution in [3.05, 3.63) is 46.8 Å². The molecular formula is C20H23NO5. The summed E-state index contributed by atoms with van der Waals surface area (Å²) in [6.45, 7) is 7.31. The van der Waals surface area contributed by atoms with Crippen LogP contribution >= 0.6 is 0 Å². The number of aryl methyl sites for hydroxylation is 2. The van der Waals surface area contributed by atoms with Gasteiger partial charge in [-0.1, -0.05) is 18.2 Å². The second kappa shape index (κ2) is 8.47. The van der Waals surface area contributed by atoms with Crippen molar-refractivity contribution >= 4 is 11.9 Å². The van der Waals surface area contributed by atoms with Crippen LogP contribution in [0.4, 0.5) is 0 Å². The van der Waals surface area contributed by atoms with E-state index in [1.807, 2.05) is 12.1 Å². The molecule has 1 aromatic carbocycles. The Morgan fingerprint density at radius 3 is 1.88 bits per heavy atom. The molecule has 0 amide bonds. The van der Waals surface area contributed by atoms with Crippen LogP contribution in [0.5, 0.6) is 5.75 Å². The van der Waals surface area contributed by atoms with E-state index in [0.717, 1.165) is 0 Å². The van der Waals surface area contributed by atoms with Crippen LogP contribution in [0, 0.1) is 13.8 Å². The lowest BCUT2D eigenvalue weighted by Crippen LogP contribution is -2.17. The largest absolute Gasteiger partial charge is 0.496 e. The summed E-state index contributed by atoms with van der Waals surface area (Å²) in [5.41, 5.74) is 2.47. The van der Waals surface area contributed by atoms with Gasteiger partial charge in [-0.25, -0.2) is 9.59 Å². The molecular weight excluding hydrogens is 334 g/mol. The van der Waals surface area contributed by atoms with Crippen LogP contribution in [-0.2, 0) is 9.47 Å². The van der Waals surface area contributed by atoms with Crippen molar-refractivity contribution in [1.29, 1.82) is 0 Å². The average Bonchev–Trinajstić information content (AvgIpc) is 2.61. The van der Waals surface area contributed by atoms with Gasteiger partial charge < -0.3 is 14.2 Å². The van der Waals surface area contributed by atoms with Gasteiger partial charge in [0.2, 0.25) is 0 Å². The van der Waals surface area contributed by atoms with Crippen molar-refractivity contribution in [2.24, 2.45) is 0 Å². The van der Waals surface area contributed by atoms with Crippen LogP contribution in [0.3, 0.4) is 0 Å². The standard InChI is InChI=1S/C20H23NO5/c1-6-25-19(22)16-12(3)21-13(4)17(20(23)26-7-2)18(16)14-10-8-9-11-15(14)24-5/h8-11H,6-7H2,1-5H3. The predicted molar refractivity (Wildman–Crippen MR) is 97.6 cm³/mol. The monoisotopic (exact) mass is 357 g/mol. The van der Waals surface area contributed by atoms with E-state index in [2.05, 4.69) is 4.98 Å². The zero-order chi connectivity index (χ0) is 19.3. The molecule has 1 aromatic heterocycles. The molecule has 26 heavy (non-hydrogen) atoms. The number of ether oxygens (including phenoxy) is 3. The van der Waals surface area contributed by atoms with Crippen LogP contribution in [0.2, 0.25) is 0 Å². The molecule has 1 heterocycles. The number of para-hydroxylation sites is 1. The van der Waals surface area contributed by atoms with Crippen molar-refractivity contribution in [2.45, 2.75) is 27.7 Å². The minimum Gasteiger partial charge on any atom is -0.496 e. The summed E-state index contributed by atoms with van der Waals surface area (Å²) in [5, 5.41) is 0. The number of benzene rings is 1. The summed E-state index contributed by atoms with van der Waals surface area (Å²) in [6, 6.07) is 7.19. The number of pyridine rings is 1. The van der Waals surface area contributed by atoms with Gasteiger partial charge in [0.05, 0.1) is 42.8 Å². The fraction of sp³-hybridized carbons (Fsp3) is 0.350. The Hall–Kier alpha value is -2.89. The van der Waals surface area contributed by atoms with E-state index in [0.29, 0.717) is 28.3 Å². The molecule has 0 saturated carbocycles. The van der Waals surface area contributed by atoms with Gasteiger partial charge in [-0.2, -0.15) is 0 Å². The summed E-state index contributed by atoms with van der Waals surface area (Å²) in [7, 11) is 1.54. The highest BCUT2D eigenvalue weighted by atomic mass is 16.5. The summed E-state index contributed by atoms with van der Waals surface area (Å²) in [5.74, 6) is -0.540. The molecule has 2 aromatic rings. The molecule has 0 unspecified atom stereocenters. The maximum absolute atomic E-state index is 12.6. The Labute approximate surface area is 153 Å². The number of carbonyl (C=O) groups is 2. The zero-order valence-electron chi connectivity index (χ0n) is 15.7. The van der Waals surface area contributed by atoms with Gasteiger partial charge in [0.25, 0.3) is 0 Å². The molecule has 6 heteroatoms. The molecule has 0 aliphatic carbocycles. The van der Waals surface area contributed by atoms with Crippen LogP contribution < -0.4 is 4.74 Å². The Morgan fingerprint density at radius 2 is 1.42 bits per heavy atom. The maximum Gasteiger partial charge on any atom is 0.340 e. The van der Waals surface area contributed by atoms with E-state index in [9.17, 15) is 9.59 Å². The molecule has 2 rings (SSSR count). The molecule has 0 spiro atoms. The van der Waals surface area contributed by atoms with E-state index >= 15 is 0 Å². The lowest BCUT2D eigenvalue weighted by molar-refractivity contribution is 0.0525. The number of hydrogen-bond acceptors (Lipinski definition) is 6. The van der Waals surface area contributed by atoms with Gasteiger partial charge >= 0.3 is 11.9 Å². The van der Waals surface area contributed by atoms with Gasteiger partial charge in [-0.15, -0.1) is 0 Å². The van der Waals surface area contributed by atoms with Gasteiger partial charge in [0.15, 0.2) is 0 Å². The fourth-order valence-corrected chi connectivity index (χ4v) is 2.88. The van der Waals surface area contributed by atoms with Gasteiger partial charge in [0, 0.05) is 11.1 Å². The van der Waals surface area contributed by atoms with Gasteiger partial charge in [-0.3, -0.25) is 4.98 Å². The molecule has 0 aliphatic heterocycles. The Balaban J connectivity index is 2.91. The van der Waals surface area contributed by atoms with Crippen molar-refractivity contribution in [1.82, 2.24) is 4.98 Å². The lowest BCUT2D eigenvalue weighted by Gasteiger charge is -2.19. The highest BCUT2D eigenvalue weighted by Crippen LogP contribution is 2.37. The van der Waals surface area contributed by atoms with E-state index in [-0.39, 0.29) is 24.3 Å². The van der Waals surface area contributed by atoms with Crippen molar-refractivity contribution in [3.63, 3.8) is 0 Å². The minimum absolute atomic E-state index is 0.215. The second-order valence-electron chi connectivity index (χ2n) is 5.55. The van der Waals surface area contributed by atoms with Crippen LogP contribution in [0.25, 0.3) is 11.1 Å². The van der Waals surface area contributed by atoms with E-state index in [1.54, 1.807) is 39.8 Å². The Morgan fingerprint density at radius 1 is 0.923 bits per heavy atom. The molecule has 0 N–H and O–H groups in total. The van der Waals surface area contributed by atoms with Crippen LogP contribution in [0.15, 0.2) is 24.3 Å². The molecule has 0 saturated heterocycles. The number of nitrogens with zero attached hydrogens (tertiary/aromatic N) is 1. The number of carbonyl (C=O) groups excluding carboxylic acids is 2. The first-order valence-corrected chi connectivity index (χ1v) is 8.44. The first-order valence-electron chi connectivity index (χ1n) is 8.44. The van der Waals surface area contributed by atoms with Crippen molar-refractivity contribution < 1.29 is 23.8 Å². The van der Waals surface area contributed by atoms with Crippen LogP contribution in [-0.4, -0.2) is 37.2 Å². The second-order valence-corrected chi connectivity index (χ2v) is 5.55. The number of esters is 2. The molecule has 0 fully saturated rings. The SMILES string of the molecule is CCOC(=O)c1c(C)nc(C)c(C(=O)OCC)c1-c1ccccc1OC. The molecule has 0 aliphatic rings. The summed E-state index contributed by atoms with van der Waals surface area (Å²) in [6.07, 6.45) is 0. The lowest BCUT2D eigenvalue weighted by atomic mass is 9.92. The normalized spacial score (nSPS) is 10.3. The Bertz CT molecular complexity index is 787. The highest BCUT2D eigenvalue weighted by Gasteiger charge is 2.29. The van der Waals surface area contributed by atoms with Gasteiger partial charge in [0.1, 0.15) is 5.75 Å². The van der Waals surface area contributed by atoms with E-state index in [4.69, 9.17) is 14.2 Å². The van der Waals surface area contributed by atoms with E-state index in [1.165, 1.54) is 7.11 Å². The predicted octanol–water partition coefficient (Wildman–Crippen LogP) is 3.73. The summed E-state index contributed by atoms with van der Waals surface area (Å²) < 4.78 is 15.9. The topological polar surface area (TPSA) is 74.7 Å². The summed E-state index contributed by atoms with van der Waals surface area (Å²) >= 11 is 0. The number of rotatable bonds is 6. The quantitative estimate of drug-likeness (QED) is 0.734. The molecule has 138 valence electrons. The minimum atomic E-state index is -0.538. The number of hydrogen-bond donors (Lipinski definition) is 0. The van der Waals surface area contributed by atoms with Gasteiger partial charge in [-0.05, 0) is 33.8 Å². The first-order chi connectivity index (χ1) is 12.5. The number of methoxy groups -OCH3 is 1.